The fourth-order valence-corrected chi connectivity index (χ4v) is 7.62. The van der Waals surface area contributed by atoms with Gasteiger partial charge < -0.3 is 10.2 Å². The van der Waals surface area contributed by atoms with Crippen LogP contribution in [-0.2, 0) is 0 Å². The van der Waals surface area contributed by atoms with Crippen LogP contribution in [0.2, 0.25) is 0 Å². The van der Waals surface area contributed by atoms with Crippen LogP contribution in [0.1, 0.15) is 57.9 Å². The topological polar surface area (TPSA) is 53.4 Å². The summed E-state index contributed by atoms with van der Waals surface area (Å²) in [6, 6.07) is 4.16. The third-order valence-corrected chi connectivity index (χ3v) is 8.98. The number of aliphatic hydroxyl groups excluding tert-OH is 2. The van der Waals surface area contributed by atoms with Crippen LogP contribution in [0.25, 0.3) is 5.57 Å². The van der Waals surface area contributed by atoms with E-state index in [0.717, 1.165) is 32.1 Å². The smallest absolute Gasteiger partial charge is 0.0577 e. The summed E-state index contributed by atoms with van der Waals surface area (Å²) in [5.41, 5.74) is 4.14. The van der Waals surface area contributed by atoms with Crippen molar-refractivity contribution in [2.24, 2.45) is 34.5 Å². The Morgan fingerprint density at radius 1 is 1.21 bits per heavy atom. The number of hydrogen-bond donors (Lipinski definition) is 2. The van der Waals surface area contributed by atoms with Crippen LogP contribution in [0.4, 0.5) is 0 Å². The Kier molecular flexibility index (Phi) is 4.33. The highest BCUT2D eigenvalue weighted by Crippen LogP contribution is 2.67. The molecule has 0 amide bonds. The molecule has 3 heteroatoms. The zero-order chi connectivity index (χ0) is 19.5. The molecule has 2 saturated carbocycles. The van der Waals surface area contributed by atoms with Crippen molar-refractivity contribution in [3.05, 3.63) is 47.8 Å². The lowest BCUT2D eigenvalue weighted by Gasteiger charge is -2.59. The number of hydrogen-bond acceptors (Lipinski definition) is 3. The van der Waals surface area contributed by atoms with Crippen LogP contribution < -0.4 is 0 Å². The van der Waals surface area contributed by atoms with Gasteiger partial charge in [-0.05, 0) is 84.8 Å². The standard InChI is InChI=1S/C25H33NO2/c1-16-12-18-13-19(28)7-9-24(18,2)21-8-10-25(15-27)20(5-6-22(25)23(16)21)17-4-3-11-26-14-17/h3-5,11-12,14,16,19,21-23,27-28H,6-10,13,15H2,1-2H3/t16?,19?,21-,22+,23-,24+,25+/m1/s1. The molecule has 4 aliphatic rings. The predicted octanol–water partition coefficient (Wildman–Crippen LogP) is 4.62. The summed E-state index contributed by atoms with van der Waals surface area (Å²) in [5, 5.41) is 20.9. The molecule has 5 rings (SSSR count). The van der Waals surface area contributed by atoms with Gasteiger partial charge in [-0.3, -0.25) is 4.98 Å². The minimum absolute atomic E-state index is 0.117. The first-order valence-electron chi connectivity index (χ1n) is 11.1. The van der Waals surface area contributed by atoms with Gasteiger partial charge >= 0.3 is 0 Å². The third kappa shape index (κ3) is 2.45. The van der Waals surface area contributed by atoms with Gasteiger partial charge in [-0.15, -0.1) is 0 Å². The van der Waals surface area contributed by atoms with Crippen LogP contribution in [0, 0.1) is 34.5 Å². The van der Waals surface area contributed by atoms with E-state index in [0.29, 0.717) is 23.7 Å². The summed E-state index contributed by atoms with van der Waals surface area (Å²) in [6.45, 7) is 5.08. The van der Waals surface area contributed by atoms with Gasteiger partial charge in [0.05, 0.1) is 12.7 Å². The fourth-order valence-electron chi connectivity index (χ4n) is 7.62. The predicted molar refractivity (Wildman–Crippen MR) is 111 cm³/mol. The number of pyridine rings is 1. The molecule has 150 valence electrons. The molecule has 1 aromatic rings. The van der Waals surface area contributed by atoms with Gasteiger partial charge in [0, 0.05) is 17.8 Å². The second-order valence-electron chi connectivity index (χ2n) is 10.1. The Labute approximate surface area is 168 Å². The second-order valence-corrected chi connectivity index (χ2v) is 10.1. The first-order chi connectivity index (χ1) is 13.5. The van der Waals surface area contributed by atoms with Crippen molar-refractivity contribution in [3.63, 3.8) is 0 Å². The number of allylic oxidation sites excluding steroid dienone is 2. The number of rotatable bonds is 2. The average Bonchev–Trinajstić information content (AvgIpc) is 3.10. The van der Waals surface area contributed by atoms with E-state index >= 15 is 0 Å². The summed E-state index contributed by atoms with van der Waals surface area (Å²) in [7, 11) is 0. The van der Waals surface area contributed by atoms with E-state index < -0.39 is 0 Å². The number of aliphatic hydroxyl groups is 2. The van der Waals surface area contributed by atoms with Gasteiger partial charge in [0.1, 0.15) is 0 Å². The molecule has 4 aliphatic carbocycles. The number of nitrogens with zero attached hydrogens (tertiary/aromatic N) is 1. The van der Waals surface area contributed by atoms with E-state index in [2.05, 4.69) is 37.0 Å². The molecular formula is C25H33NO2. The average molecular weight is 380 g/mol. The van der Waals surface area contributed by atoms with Crippen molar-refractivity contribution in [1.29, 1.82) is 0 Å². The Morgan fingerprint density at radius 3 is 2.82 bits per heavy atom. The van der Waals surface area contributed by atoms with E-state index in [-0.39, 0.29) is 23.5 Å². The number of fused-ring (bicyclic) bond motifs is 5. The van der Waals surface area contributed by atoms with Gasteiger partial charge in [-0.25, -0.2) is 0 Å². The molecule has 2 unspecified atom stereocenters. The van der Waals surface area contributed by atoms with Gasteiger partial charge in [0.25, 0.3) is 0 Å². The molecule has 0 radical (unpaired) electrons. The lowest BCUT2D eigenvalue weighted by Crippen LogP contribution is -2.53. The Balaban J connectivity index is 1.54. The third-order valence-electron chi connectivity index (χ3n) is 8.98. The maximum absolute atomic E-state index is 10.7. The summed E-state index contributed by atoms with van der Waals surface area (Å²) in [6.07, 6.45) is 14.7. The van der Waals surface area contributed by atoms with E-state index in [1.807, 2.05) is 18.5 Å². The van der Waals surface area contributed by atoms with E-state index in [9.17, 15) is 10.2 Å². The van der Waals surface area contributed by atoms with Crippen LogP contribution in [0.3, 0.4) is 0 Å². The molecule has 0 saturated heterocycles. The number of aromatic nitrogens is 1. The van der Waals surface area contributed by atoms with Crippen LogP contribution in [0.5, 0.6) is 0 Å². The van der Waals surface area contributed by atoms with Crippen LogP contribution in [-0.4, -0.2) is 27.9 Å². The van der Waals surface area contributed by atoms with E-state index in [4.69, 9.17) is 0 Å². The Hall–Kier alpha value is -1.45. The highest BCUT2D eigenvalue weighted by Gasteiger charge is 2.59. The normalized spacial score (nSPS) is 44.8. The maximum atomic E-state index is 10.7. The molecule has 1 aromatic heterocycles. The lowest BCUT2D eigenvalue weighted by atomic mass is 9.45. The van der Waals surface area contributed by atoms with Gasteiger partial charge in [0.2, 0.25) is 0 Å². The zero-order valence-corrected chi connectivity index (χ0v) is 17.1. The second kappa shape index (κ2) is 6.53. The highest BCUT2D eigenvalue weighted by molar-refractivity contribution is 5.73. The summed E-state index contributed by atoms with van der Waals surface area (Å²) in [4.78, 5) is 4.35. The SMILES string of the molecule is CC1C=C2CC(O)CC[C@]2(C)[C@@H]2CC[C@]3(CO)C(c4cccnc4)=CC[C@H]3[C@H]12. The lowest BCUT2D eigenvalue weighted by molar-refractivity contribution is -0.0625. The van der Waals surface area contributed by atoms with Crippen molar-refractivity contribution in [1.82, 2.24) is 4.98 Å². The monoisotopic (exact) mass is 379 g/mol. The highest BCUT2D eigenvalue weighted by atomic mass is 16.3. The fraction of sp³-hybridized carbons (Fsp3) is 0.640. The molecule has 0 bridgehead atoms. The van der Waals surface area contributed by atoms with E-state index in [1.165, 1.54) is 23.1 Å². The summed E-state index contributed by atoms with van der Waals surface area (Å²) < 4.78 is 0. The van der Waals surface area contributed by atoms with Crippen molar-refractivity contribution < 1.29 is 10.2 Å². The molecule has 2 N–H and O–H groups in total. The zero-order valence-electron chi connectivity index (χ0n) is 17.1. The molecule has 28 heavy (non-hydrogen) atoms. The molecule has 2 fully saturated rings. The molecular weight excluding hydrogens is 346 g/mol. The van der Waals surface area contributed by atoms with E-state index in [1.54, 1.807) is 0 Å². The first kappa shape index (κ1) is 18.6. The molecule has 0 aliphatic heterocycles. The van der Waals surface area contributed by atoms with Gasteiger partial charge in [-0.1, -0.05) is 37.6 Å². The van der Waals surface area contributed by atoms with Crippen molar-refractivity contribution in [2.75, 3.05) is 6.61 Å². The minimum atomic E-state index is -0.159. The Morgan fingerprint density at radius 2 is 2.07 bits per heavy atom. The quantitative estimate of drug-likeness (QED) is 0.738. The van der Waals surface area contributed by atoms with Crippen molar-refractivity contribution >= 4 is 5.57 Å². The minimum Gasteiger partial charge on any atom is -0.395 e. The van der Waals surface area contributed by atoms with Crippen molar-refractivity contribution in [2.45, 2.75) is 58.5 Å². The summed E-state index contributed by atoms with van der Waals surface area (Å²) >= 11 is 0. The molecule has 0 spiro atoms. The van der Waals surface area contributed by atoms with Crippen molar-refractivity contribution in [3.8, 4) is 0 Å². The molecule has 7 atom stereocenters. The first-order valence-corrected chi connectivity index (χ1v) is 11.1. The largest absolute Gasteiger partial charge is 0.395 e. The molecule has 0 aromatic carbocycles. The van der Waals surface area contributed by atoms with Crippen LogP contribution >= 0.6 is 0 Å². The molecule has 1 heterocycles. The van der Waals surface area contributed by atoms with Crippen LogP contribution in [0.15, 0.2) is 42.3 Å². The van der Waals surface area contributed by atoms with Gasteiger partial charge in [0.15, 0.2) is 0 Å². The van der Waals surface area contributed by atoms with Gasteiger partial charge in [-0.2, -0.15) is 0 Å². The molecule has 3 nitrogen and oxygen atoms in total. The maximum Gasteiger partial charge on any atom is 0.0577 e. The Bertz CT molecular complexity index is 815. The summed E-state index contributed by atoms with van der Waals surface area (Å²) in [5.74, 6) is 2.29.